The molecule has 1 aromatic heterocycles. The van der Waals surface area contributed by atoms with Crippen LogP contribution in [0.2, 0.25) is 0 Å². The third-order valence-electron chi connectivity index (χ3n) is 3.05. The fourth-order valence-electron chi connectivity index (χ4n) is 1.89. The number of fused-ring (bicyclic) bond motifs is 1. The first-order valence-corrected chi connectivity index (χ1v) is 6.17. The van der Waals surface area contributed by atoms with Crippen LogP contribution in [0.15, 0.2) is 30.5 Å². The van der Waals surface area contributed by atoms with Crippen LogP contribution in [-0.2, 0) is 0 Å². The van der Waals surface area contributed by atoms with E-state index in [1.807, 2.05) is 37.4 Å². The fourth-order valence-corrected chi connectivity index (χ4v) is 1.89. The molecule has 0 saturated heterocycles. The van der Waals surface area contributed by atoms with Gasteiger partial charge < -0.3 is 15.4 Å². The standard InChI is InChI=1S/C14H18N2O2/c1-10(5-7-17)9-16-14(18)12-2-3-13-11(8-12)4-6-15-13/h2-4,6,8,10,15,17H,5,7,9H2,1H3,(H,16,18). The normalized spacial score (nSPS) is 12.6. The van der Waals surface area contributed by atoms with Crippen molar-refractivity contribution in [2.75, 3.05) is 13.2 Å². The van der Waals surface area contributed by atoms with Gasteiger partial charge in [0.05, 0.1) is 0 Å². The average Bonchev–Trinajstić information content (AvgIpc) is 2.83. The molecule has 0 saturated carbocycles. The maximum Gasteiger partial charge on any atom is 0.251 e. The third kappa shape index (κ3) is 2.90. The van der Waals surface area contributed by atoms with E-state index in [1.54, 1.807) is 0 Å². The summed E-state index contributed by atoms with van der Waals surface area (Å²) in [6.07, 6.45) is 2.56. The van der Waals surface area contributed by atoms with Gasteiger partial charge in [-0.05, 0) is 36.6 Å². The topological polar surface area (TPSA) is 65.1 Å². The van der Waals surface area contributed by atoms with Crippen molar-refractivity contribution in [2.45, 2.75) is 13.3 Å². The number of aromatic amines is 1. The molecule has 1 heterocycles. The summed E-state index contributed by atoms with van der Waals surface area (Å²) < 4.78 is 0. The number of rotatable bonds is 5. The van der Waals surface area contributed by atoms with E-state index in [4.69, 9.17) is 5.11 Å². The van der Waals surface area contributed by atoms with Crippen LogP contribution in [0.5, 0.6) is 0 Å². The third-order valence-corrected chi connectivity index (χ3v) is 3.05. The highest BCUT2D eigenvalue weighted by Crippen LogP contribution is 2.14. The quantitative estimate of drug-likeness (QED) is 0.754. The molecular weight excluding hydrogens is 228 g/mol. The zero-order chi connectivity index (χ0) is 13.0. The van der Waals surface area contributed by atoms with Crippen LogP contribution in [0.3, 0.4) is 0 Å². The van der Waals surface area contributed by atoms with Gasteiger partial charge in [0.1, 0.15) is 0 Å². The maximum atomic E-state index is 11.9. The van der Waals surface area contributed by atoms with E-state index < -0.39 is 0 Å². The molecule has 2 aromatic rings. The van der Waals surface area contributed by atoms with Gasteiger partial charge in [-0.3, -0.25) is 4.79 Å². The van der Waals surface area contributed by atoms with Gasteiger partial charge in [0.15, 0.2) is 0 Å². The molecule has 1 amide bonds. The van der Waals surface area contributed by atoms with Crippen LogP contribution in [0.4, 0.5) is 0 Å². The Morgan fingerprint density at radius 2 is 2.28 bits per heavy atom. The van der Waals surface area contributed by atoms with Gasteiger partial charge in [-0.1, -0.05) is 6.92 Å². The molecule has 0 spiro atoms. The Balaban J connectivity index is 1.99. The van der Waals surface area contributed by atoms with Gasteiger partial charge in [0.2, 0.25) is 0 Å². The summed E-state index contributed by atoms with van der Waals surface area (Å²) in [5, 5.41) is 12.7. The number of hydrogen-bond acceptors (Lipinski definition) is 2. The lowest BCUT2D eigenvalue weighted by atomic mass is 10.1. The summed E-state index contributed by atoms with van der Waals surface area (Å²) in [5.74, 6) is 0.220. The van der Waals surface area contributed by atoms with E-state index in [0.29, 0.717) is 18.5 Å². The molecule has 3 N–H and O–H groups in total. The summed E-state index contributed by atoms with van der Waals surface area (Å²) in [7, 11) is 0. The van der Waals surface area contributed by atoms with E-state index in [2.05, 4.69) is 10.3 Å². The second-order valence-electron chi connectivity index (χ2n) is 4.61. The van der Waals surface area contributed by atoms with Crippen LogP contribution in [-0.4, -0.2) is 29.1 Å². The number of aliphatic hydroxyl groups excluding tert-OH is 1. The minimum absolute atomic E-state index is 0.0668. The monoisotopic (exact) mass is 246 g/mol. The molecule has 0 fully saturated rings. The number of hydrogen-bond donors (Lipinski definition) is 3. The number of carbonyl (C=O) groups is 1. The molecule has 0 aliphatic heterocycles. The van der Waals surface area contributed by atoms with Crippen LogP contribution >= 0.6 is 0 Å². The highest BCUT2D eigenvalue weighted by molar-refractivity contribution is 5.98. The summed E-state index contributed by atoms with van der Waals surface area (Å²) in [5.41, 5.74) is 1.69. The van der Waals surface area contributed by atoms with Gasteiger partial charge in [0, 0.05) is 35.8 Å². The zero-order valence-corrected chi connectivity index (χ0v) is 10.4. The zero-order valence-electron chi connectivity index (χ0n) is 10.4. The summed E-state index contributed by atoms with van der Waals surface area (Å²) in [4.78, 5) is 15.0. The van der Waals surface area contributed by atoms with Crippen molar-refractivity contribution in [1.82, 2.24) is 10.3 Å². The average molecular weight is 246 g/mol. The highest BCUT2D eigenvalue weighted by atomic mass is 16.3. The van der Waals surface area contributed by atoms with Crippen molar-refractivity contribution in [3.05, 3.63) is 36.0 Å². The SMILES string of the molecule is CC(CCO)CNC(=O)c1ccc2[nH]ccc2c1. The first-order chi connectivity index (χ1) is 8.70. The predicted octanol–water partition coefficient (Wildman–Crippen LogP) is 1.92. The largest absolute Gasteiger partial charge is 0.396 e. The Morgan fingerprint density at radius 1 is 1.44 bits per heavy atom. The Labute approximate surface area is 106 Å². The predicted molar refractivity (Wildman–Crippen MR) is 71.5 cm³/mol. The first kappa shape index (κ1) is 12.6. The molecule has 18 heavy (non-hydrogen) atoms. The number of aromatic nitrogens is 1. The first-order valence-electron chi connectivity index (χ1n) is 6.17. The lowest BCUT2D eigenvalue weighted by Gasteiger charge is -2.11. The molecule has 1 unspecified atom stereocenters. The van der Waals surface area contributed by atoms with Gasteiger partial charge in [-0.2, -0.15) is 0 Å². The molecular formula is C14H18N2O2. The van der Waals surface area contributed by atoms with Gasteiger partial charge >= 0.3 is 0 Å². The molecule has 4 nitrogen and oxygen atoms in total. The van der Waals surface area contributed by atoms with Crippen LogP contribution < -0.4 is 5.32 Å². The Kier molecular flexibility index (Phi) is 3.99. The number of H-pyrrole nitrogens is 1. The van der Waals surface area contributed by atoms with Crippen LogP contribution in [0.25, 0.3) is 10.9 Å². The van der Waals surface area contributed by atoms with Gasteiger partial charge in [-0.25, -0.2) is 0 Å². The number of benzene rings is 1. The molecule has 96 valence electrons. The van der Waals surface area contributed by atoms with Crippen LogP contribution in [0, 0.1) is 5.92 Å². The Hall–Kier alpha value is -1.81. The van der Waals surface area contributed by atoms with Crippen molar-refractivity contribution in [3.63, 3.8) is 0 Å². The second-order valence-corrected chi connectivity index (χ2v) is 4.61. The number of carbonyl (C=O) groups excluding carboxylic acids is 1. The maximum absolute atomic E-state index is 11.9. The van der Waals surface area contributed by atoms with E-state index in [9.17, 15) is 4.79 Å². The lowest BCUT2D eigenvalue weighted by Crippen LogP contribution is -2.28. The van der Waals surface area contributed by atoms with E-state index in [1.165, 1.54) is 0 Å². The van der Waals surface area contributed by atoms with Crippen molar-refractivity contribution in [1.29, 1.82) is 0 Å². The molecule has 1 aromatic carbocycles. The van der Waals surface area contributed by atoms with Gasteiger partial charge in [-0.15, -0.1) is 0 Å². The minimum atomic E-state index is -0.0668. The molecule has 0 aliphatic carbocycles. The summed E-state index contributed by atoms with van der Waals surface area (Å²) in [6, 6.07) is 7.53. The molecule has 4 heteroatoms. The van der Waals surface area contributed by atoms with Crippen molar-refractivity contribution in [3.8, 4) is 0 Å². The smallest absolute Gasteiger partial charge is 0.251 e. The second kappa shape index (κ2) is 5.69. The number of nitrogens with one attached hydrogen (secondary N) is 2. The molecule has 1 atom stereocenters. The van der Waals surface area contributed by atoms with Crippen molar-refractivity contribution >= 4 is 16.8 Å². The molecule has 2 rings (SSSR count). The molecule has 0 radical (unpaired) electrons. The summed E-state index contributed by atoms with van der Waals surface area (Å²) >= 11 is 0. The van der Waals surface area contributed by atoms with E-state index in [-0.39, 0.29) is 18.4 Å². The van der Waals surface area contributed by atoms with Crippen molar-refractivity contribution < 1.29 is 9.90 Å². The Morgan fingerprint density at radius 3 is 3.06 bits per heavy atom. The number of amides is 1. The van der Waals surface area contributed by atoms with Gasteiger partial charge in [0.25, 0.3) is 5.91 Å². The van der Waals surface area contributed by atoms with E-state index >= 15 is 0 Å². The van der Waals surface area contributed by atoms with Crippen molar-refractivity contribution in [2.24, 2.45) is 5.92 Å². The van der Waals surface area contributed by atoms with E-state index in [0.717, 1.165) is 10.9 Å². The summed E-state index contributed by atoms with van der Waals surface area (Å²) in [6.45, 7) is 2.75. The lowest BCUT2D eigenvalue weighted by molar-refractivity contribution is 0.0945. The fraction of sp³-hybridized carbons (Fsp3) is 0.357. The van der Waals surface area contributed by atoms with Crippen LogP contribution in [0.1, 0.15) is 23.7 Å². The molecule has 0 bridgehead atoms. The number of aliphatic hydroxyl groups is 1. The highest BCUT2D eigenvalue weighted by Gasteiger charge is 2.08. The minimum Gasteiger partial charge on any atom is -0.396 e. The molecule has 0 aliphatic rings. The Bertz CT molecular complexity index is 533.